The molecular weight excluding hydrogens is 323 g/mol. The number of rotatable bonds is 2. The lowest BCUT2D eigenvalue weighted by molar-refractivity contribution is 0.409. The molecule has 0 amide bonds. The fraction of sp³-hybridized carbons (Fsp3) is 0.250. The van der Waals surface area contributed by atoms with Gasteiger partial charge in [0.2, 0.25) is 0 Å². The molecular formula is C20H20ClFN2. The fourth-order valence-corrected chi connectivity index (χ4v) is 2.86. The molecule has 3 aromatic rings. The van der Waals surface area contributed by atoms with Gasteiger partial charge in [0.25, 0.3) is 0 Å². The van der Waals surface area contributed by atoms with Gasteiger partial charge in [-0.05, 0) is 63.1 Å². The van der Waals surface area contributed by atoms with Gasteiger partial charge in [0.15, 0.2) is 0 Å². The predicted molar refractivity (Wildman–Crippen MR) is 99.8 cm³/mol. The quantitative estimate of drug-likeness (QED) is 0.535. The normalized spacial score (nSPS) is 11.9. The Bertz CT molecular complexity index is 948. The molecule has 1 aromatic carbocycles. The van der Waals surface area contributed by atoms with Crippen LogP contribution in [0.3, 0.4) is 0 Å². The average molecular weight is 343 g/mol. The highest BCUT2D eigenvalue weighted by atomic mass is 35.5. The number of halogens is 2. The Labute approximate surface area is 146 Å². The minimum absolute atomic E-state index is 0.126. The van der Waals surface area contributed by atoms with Crippen molar-refractivity contribution in [1.29, 1.82) is 0 Å². The summed E-state index contributed by atoms with van der Waals surface area (Å²) in [5.74, 6) is -0.419. The van der Waals surface area contributed by atoms with Crippen LogP contribution >= 0.6 is 11.6 Å². The van der Waals surface area contributed by atoms with Gasteiger partial charge in [-0.2, -0.15) is 0 Å². The van der Waals surface area contributed by atoms with Gasteiger partial charge < -0.3 is 4.57 Å². The van der Waals surface area contributed by atoms with E-state index in [1.807, 2.05) is 31.3 Å². The first-order valence-corrected chi connectivity index (χ1v) is 8.20. The van der Waals surface area contributed by atoms with Crippen LogP contribution < -0.4 is 0 Å². The maximum atomic E-state index is 13.9. The Hall–Kier alpha value is -2.13. The molecule has 0 saturated heterocycles. The van der Waals surface area contributed by atoms with Crippen molar-refractivity contribution in [3.63, 3.8) is 0 Å². The van der Waals surface area contributed by atoms with Crippen LogP contribution in [0.25, 0.3) is 27.7 Å². The second-order valence-corrected chi connectivity index (χ2v) is 7.47. The number of hydrogen-bond donors (Lipinski definition) is 0. The van der Waals surface area contributed by atoms with Crippen molar-refractivity contribution < 1.29 is 4.39 Å². The molecule has 0 N–H and O–H groups in total. The minimum Gasteiger partial charge on any atom is -0.327 e. The lowest BCUT2D eigenvalue weighted by Gasteiger charge is -2.22. The Kier molecular flexibility index (Phi) is 4.00. The second kappa shape index (κ2) is 5.75. The molecule has 2 aromatic heterocycles. The molecule has 0 aliphatic carbocycles. The zero-order valence-corrected chi connectivity index (χ0v) is 15.1. The van der Waals surface area contributed by atoms with E-state index >= 15 is 0 Å². The maximum Gasteiger partial charge on any atom is 0.142 e. The summed E-state index contributed by atoms with van der Waals surface area (Å²) in [5.41, 5.74) is 4.22. The molecule has 0 spiro atoms. The van der Waals surface area contributed by atoms with E-state index in [1.54, 1.807) is 6.07 Å². The van der Waals surface area contributed by atoms with Gasteiger partial charge in [-0.3, -0.25) is 0 Å². The summed E-state index contributed by atoms with van der Waals surface area (Å²) in [6.07, 6.45) is 2.03. The van der Waals surface area contributed by atoms with E-state index in [2.05, 4.69) is 31.9 Å². The first-order valence-electron chi connectivity index (χ1n) is 7.82. The highest BCUT2D eigenvalue weighted by Crippen LogP contribution is 2.35. The monoisotopic (exact) mass is 342 g/mol. The summed E-state index contributed by atoms with van der Waals surface area (Å²) < 4.78 is 16.0. The van der Waals surface area contributed by atoms with Crippen molar-refractivity contribution in [3.05, 3.63) is 59.6 Å². The molecule has 0 bridgehead atoms. The highest BCUT2D eigenvalue weighted by Gasteiger charge is 2.21. The van der Waals surface area contributed by atoms with Gasteiger partial charge in [0.05, 0.1) is 10.7 Å². The summed E-state index contributed by atoms with van der Waals surface area (Å²) in [6, 6.07) is 8.86. The van der Waals surface area contributed by atoms with Crippen molar-refractivity contribution in [2.45, 2.75) is 33.2 Å². The molecule has 3 rings (SSSR count). The van der Waals surface area contributed by atoms with Crippen molar-refractivity contribution in [2.75, 3.05) is 0 Å². The molecule has 0 fully saturated rings. The average Bonchev–Trinajstić information content (AvgIpc) is 2.88. The first kappa shape index (κ1) is 16.7. The van der Waals surface area contributed by atoms with Gasteiger partial charge in [0.1, 0.15) is 11.5 Å². The molecule has 24 heavy (non-hydrogen) atoms. The third-order valence-corrected chi connectivity index (χ3v) is 4.35. The topological polar surface area (TPSA) is 17.8 Å². The Morgan fingerprint density at radius 1 is 1.21 bits per heavy atom. The van der Waals surface area contributed by atoms with Crippen molar-refractivity contribution in [3.8, 4) is 11.1 Å². The molecule has 4 heteroatoms. The van der Waals surface area contributed by atoms with E-state index in [1.165, 1.54) is 6.07 Å². The third kappa shape index (κ3) is 2.84. The first-order chi connectivity index (χ1) is 11.2. The third-order valence-electron chi connectivity index (χ3n) is 4.04. The van der Waals surface area contributed by atoms with E-state index in [-0.39, 0.29) is 10.6 Å². The summed E-state index contributed by atoms with van der Waals surface area (Å²) in [5, 5.41) is 1.11. The Morgan fingerprint density at radius 3 is 2.50 bits per heavy atom. The van der Waals surface area contributed by atoms with Gasteiger partial charge in [0, 0.05) is 22.7 Å². The second-order valence-electron chi connectivity index (χ2n) is 7.06. The SMILES string of the molecule is C=C(C)c1ccc2c(-c3ccc(Cl)c(F)c3)cn(C(C)(C)C)c2n1. The number of pyridine rings is 1. The molecule has 2 nitrogen and oxygen atoms in total. The molecule has 2 heterocycles. The van der Waals surface area contributed by atoms with Crippen molar-refractivity contribution >= 4 is 28.2 Å². The number of benzene rings is 1. The lowest BCUT2D eigenvalue weighted by Crippen LogP contribution is -2.21. The summed E-state index contributed by atoms with van der Waals surface area (Å²) in [7, 11) is 0. The highest BCUT2D eigenvalue weighted by molar-refractivity contribution is 6.30. The molecule has 124 valence electrons. The van der Waals surface area contributed by atoms with E-state index in [4.69, 9.17) is 16.6 Å². The minimum atomic E-state index is -0.419. The number of aromatic nitrogens is 2. The van der Waals surface area contributed by atoms with Crippen LogP contribution in [0.1, 0.15) is 33.4 Å². The number of fused-ring (bicyclic) bond motifs is 1. The zero-order chi connectivity index (χ0) is 17.6. The molecule has 0 radical (unpaired) electrons. The van der Waals surface area contributed by atoms with E-state index in [0.717, 1.165) is 33.4 Å². The number of hydrogen-bond acceptors (Lipinski definition) is 1. The van der Waals surface area contributed by atoms with Crippen LogP contribution in [0, 0.1) is 5.82 Å². The van der Waals surface area contributed by atoms with E-state index in [9.17, 15) is 4.39 Å². The molecule has 0 aliphatic heterocycles. The predicted octanol–water partition coefficient (Wildman–Crippen LogP) is 6.28. The molecule has 0 saturated carbocycles. The van der Waals surface area contributed by atoms with Crippen LogP contribution in [0.5, 0.6) is 0 Å². The Morgan fingerprint density at radius 2 is 1.92 bits per heavy atom. The van der Waals surface area contributed by atoms with Crippen LogP contribution in [-0.2, 0) is 5.54 Å². The van der Waals surface area contributed by atoms with Gasteiger partial charge in [-0.15, -0.1) is 0 Å². The molecule has 0 aliphatic rings. The summed E-state index contributed by atoms with van der Waals surface area (Å²) in [4.78, 5) is 4.77. The van der Waals surface area contributed by atoms with Crippen LogP contribution in [-0.4, -0.2) is 9.55 Å². The summed E-state index contributed by atoms with van der Waals surface area (Å²) in [6.45, 7) is 12.3. The van der Waals surface area contributed by atoms with Gasteiger partial charge in [-0.25, -0.2) is 9.37 Å². The summed E-state index contributed by atoms with van der Waals surface area (Å²) >= 11 is 5.82. The van der Waals surface area contributed by atoms with Crippen LogP contribution in [0.15, 0.2) is 43.1 Å². The van der Waals surface area contributed by atoms with Gasteiger partial charge in [-0.1, -0.05) is 24.2 Å². The number of allylic oxidation sites excluding steroid dienone is 1. The maximum absolute atomic E-state index is 13.9. The smallest absolute Gasteiger partial charge is 0.142 e. The Balaban J connectivity index is 2.33. The van der Waals surface area contributed by atoms with Crippen LogP contribution in [0.2, 0.25) is 5.02 Å². The molecule has 0 atom stereocenters. The molecule has 0 unspecified atom stereocenters. The number of nitrogens with zero attached hydrogens (tertiary/aromatic N) is 2. The fourth-order valence-electron chi connectivity index (χ4n) is 2.74. The van der Waals surface area contributed by atoms with E-state index in [0.29, 0.717) is 0 Å². The van der Waals surface area contributed by atoms with Gasteiger partial charge >= 0.3 is 0 Å². The lowest BCUT2D eigenvalue weighted by atomic mass is 10.1. The van der Waals surface area contributed by atoms with Crippen LogP contribution in [0.4, 0.5) is 4.39 Å². The van der Waals surface area contributed by atoms with E-state index < -0.39 is 5.82 Å². The zero-order valence-electron chi connectivity index (χ0n) is 14.3. The van der Waals surface area contributed by atoms with Crippen molar-refractivity contribution in [2.24, 2.45) is 0 Å². The largest absolute Gasteiger partial charge is 0.327 e. The van der Waals surface area contributed by atoms with Crippen molar-refractivity contribution in [1.82, 2.24) is 9.55 Å². The standard InChI is InChI=1S/C20H20ClFN2/c1-12(2)18-9-7-14-15(13-6-8-16(21)17(22)10-13)11-24(19(14)23-18)20(3,4)5/h6-11H,1H2,2-5H3.